The van der Waals surface area contributed by atoms with Crippen LogP contribution in [-0.4, -0.2) is 23.6 Å². The van der Waals surface area contributed by atoms with Gasteiger partial charge < -0.3 is 10.6 Å². The first-order valence-electron chi connectivity index (χ1n) is 7.19. The molecule has 0 saturated heterocycles. The molecular formula is C16H20N4. The molecule has 1 aromatic carbocycles. The molecular weight excluding hydrogens is 248 g/mol. The van der Waals surface area contributed by atoms with Crippen LogP contribution >= 0.6 is 0 Å². The van der Waals surface area contributed by atoms with E-state index < -0.39 is 0 Å². The lowest BCUT2D eigenvalue weighted by atomic mass is 10.0. The van der Waals surface area contributed by atoms with Gasteiger partial charge in [0.15, 0.2) is 0 Å². The van der Waals surface area contributed by atoms with Crippen LogP contribution < -0.4 is 10.6 Å². The van der Waals surface area contributed by atoms with E-state index in [0.29, 0.717) is 0 Å². The van der Waals surface area contributed by atoms with Crippen LogP contribution in [0.4, 0.5) is 11.6 Å². The summed E-state index contributed by atoms with van der Waals surface area (Å²) in [6, 6.07) is 8.83. The Balaban J connectivity index is 1.57. The van der Waals surface area contributed by atoms with Gasteiger partial charge in [-0.1, -0.05) is 18.2 Å². The highest BCUT2D eigenvalue weighted by Gasteiger charge is 2.10. The topological polar surface area (TPSA) is 49.8 Å². The highest BCUT2D eigenvalue weighted by atomic mass is 15.0. The van der Waals surface area contributed by atoms with E-state index in [9.17, 15) is 0 Å². The molecule has 4 heteroatoms. The fourth-order valence-corrected chi connectivity index (χ4v) is 2.71. The average Bonchev–Trinajstić information content (AvgIpc) is 2.95. The second-order valence-electron chi connectivity index (χ2n) is 5.17. The molecule has 0 saturated carbocycles. The van der Waals surface area contributed by atoms with Crippen molar-refractivity contribution in [3.05, 3.63) is 47.3 Å². The Bertz CT molecular complexity index is 595. The van der Waals surface area contributed by atoms with Crippen molar-refractivity contribution in [3.8, 4) is 0 Å². The van der Waals surface area contributed by atoms with Crippen molar-refractivity contribution >= 4 is 11.6 Å². The van der Waals surface area contributed by atoms with Crippen LogP contribution in [-0.2, 0) is 19.3 Å². The minimum absolute atomic E-state index is 0.833. The maximum absolute atomic E-state index is 4.21. The van der Waals surface area contributed by atoms with Crippen molar-refractivity contribution in [1.82, 2.24) is 9.97 Å². The maximum Gasteiger partial charge on any atom is 0.131 e. The predicted molar refractivity (Wildman–Crippen MR) is 82.2 cm³/mol. The number of aromatic nitrogens is 2. The number of fused-ring (bicyclic) bond motifs is 1. The summed E-state index contributed by atoms with van der Waals surface area (Å²) in [5.74, 6) is 1.70. The third-order valence-corrected chi connectivity index (χ3v) is 3.81. The van der Waals surface area contributed by atoms with E-state index in [4.69, 9.17) is 0 Å². The fourth-order valence-electron chi connectivity index (χ4n) is 2.71. The van der Waals surface area contributed by atoms with Gasteiger partial charge in [0.1, 0.15) is 18.0 Å². The molecule has 3 rings (SSSR count). The van der Waals surface area contributed by atoms with E-state index in [1.165, 1.54) is 30.4 Å². The summed E-state index contributed by atoms with van der Waals surface area (Å²) in [4.78, 5) is 8.32. The van der Waals surface area contributed by atoms with Crippen molar-refractivity contribution in [2.45, 2.75) is 25.7 Å². The van der Waals surface area contributed by atoms with Crippen LogP contribution in [0, 0.1) is 0 Å². The van der Waals surface area contributed by atoms with Gasteiger partial charge in [-0.25, -0.2) is 9.97 Å². The van der Waals surface area contributed by atoms with Crippen LogP contribution in [0.3, 0.4) is 0 Å². The quantitative estimate of drug-likeness (QED) is 0.875. The van der Waals surface area contributed by atoms with Crippen LogP contribution in [0.25, 0.3) is 0 Å². The van der Waals surface area contributed by atoms with Crippen molar-refractivity contribution in [3.63, 3.8) is 0 Å². The second kappa shape index (κ2) is 5.90. The van der Waals surface area contributed by atoms with Crippen LogP contribution in [0.15, 0.2) is 30.6 Å². The van der Waals surface area contributed by atoms with E-state index in [0.717, 1.165) is 24.6 Å². The molecule has 0 spiro atoms. The van der Waals surface area contributed by atoms with Crippen molar-refractivity contribution in [2.75, 3.05) is 24.2 Å². The number of rotatable bonds is 5. The largest absolute Gasteiger partial charge is 0.373 e. The third kappa shape index (κ3) is 2.90. The first-order chi connectivity index (χ1) is 9.85. The number of hydrogen-bond donors (Lipinski definition) is 2. The van der Waals surface area contributed by atoms with Crippen LogP contribution in [0.1, 0.15) is 23.1 Å². The van der Waals surface area contributed by atoms with Crippen molar-refractivity contribution < 1.29 is 0 Å². The maximum atomic E-state index is 4.21. The number of aryl methyl sites for hydroxylation is 2. The first-order valence-corrected chi connectivity index (χ1v) is 7.19. The Morgan fingerprint density at radius 1 is 1.05 bits per heavy atom. The third-order valence-electron chi connectivity index (χ3n) is 3.81. The SMILES string of the molecule is CNc1cc(NCCc2ccc3c(c2)CCC3)ncn1. The molecule has 0 radical (unpaired) electrons. The Kier molecular flexibility index (Phi) is 3.81. The summed E-state index contributed by atoms with van der Waals surface area (Å²) in [6.45, 7) is 0.888. The average molecular weight is 268 g/mol. The normalized spacial score (nSPS) is 13.1. The number of anilines is 2. The van der Waals surface area contributed by atoms with Gasteiger partial charge >= 0.3 is 0 Å². The van der Waals surface area contributed by atoms with E-state index in [1.54, 1.807) is 11.9 Å². The minimum Gasteiger partial charge on any atom is -0.373 e. The van der Waals surface area contributed by atoms with Gasteiger partial charge in [0.25, 0.3) is 0 Å². The molecule has 0 fully saturated rings. The summed E-state index contributed by atoms with van der Waals surface area (Å²) >= 11 is 0. The van der Waals surface area contributed by atoms with Gasteiger partial charge in [-0.05, 0) is 42.4 Å². The second-order valence-corrected chi connectivity index (χ2v) is 5.17. The van der Waals surface area contributed by atoms with E-state index in [1.807, 2.05) is 13.1 Å². The van der Waals surface area contributed by atoms with E-state index in [2.05, 4.69) is 38.8 Å². The zero-order valence-corrected chi connectivity index (χ0v) is 11.8. The van der Waals surface area contributed by atoms with Gasteiger partial charge in [-0.2, -0.15) is 0 Å². The lowest BCUT2D eigenvalue weighted by Crippen LogP contribution is -2.07. The van der Waals surface area contributed by atoms with Crippen molar-refractivity contribution in [2.24, 2.45) is 0 Å². The lowest BCUT2D eigenvalue weighted by molar-refractivity contribution is 0.911. The molecule has 0 aliphatic heterocycles. The predicted octanol–water partition coefficient (Wildman–Crippen LogP) is 2.66. The summed E-state index contributed by atoms with van der Waals surface area (Å²) in [7, 11) is 1.86. The molecule has 20 heavy (non-hydrogen) atoms. The minimum atomic E-state index is 0.833. The Hall–Kier alpha value is -2.10. The van der Waals surface area contributed by atoms with Gasteiger partial charge in [0.2, 0.25) is 0 Å². The molecule has 104 valence electrons. The number of nitrogens with zero attached hydrogens (tertiary/aromatic N) is 2. The molecule has 1 aliphatic rings. The van der Waals surface area contributed by atoms with Gasteiger partial charge in [0.05, 0.1) is 0 Å². The number of benzene rings is 1. The fraction of sp³-hybridized carbons (Fsp3) is 0.375. The molecule has 2 aromatic rings. The standard InChI is InChI=1S/C16H20N4/c1-17-15-10-16(20-11-19-15)18-8-7-12-5-6-13-3-2-4-14(13)9-12/h5-6,9-11H,2-4,7-8H2,1H3,(H2,17,18,19,20). The summed E-state index contributed by atoms with van der Waals surface area (Å²) in [6.07, 6.45) is 6.40. The van der Waals surface area contributed by atoms with Crippen LogP contribution in [0.2, 0.25) is 0 Å². The molecule has 0 amide bonds. The van der Waals surface area contributed by atoms with Gasteiger partial charge in [-0.3, -0.25) is 0 Å². The molecule has 4 nitrogen and oxygen atoms in total. The Morgan fingerprint density at radius 3 is 2.80 bits per heavy atom. The Labute approximate surface area is 119 Å². The number of hydrogen-bond acceptors (Lipinski definition) is 4. The number of nitrogens with one attached hydrogen (secondary N) is 2. The van der Waals surface area contributed by atoms with Gasteiger partial charge in [0, 0.05) is 19.7 Å². The molecule has 0 unspecified atom stereocenters. The highest BCUT2D eigenvalue weighted by Crippen LogP contribution is 2.23. The zero-order valence-electron chi connectivity index (χ0n) is 11.8. The molecule has 1 heterocycles. The molecule has 0 atom stereocenters. The smallest absolute Gasteiger partial charge is 0.131 e. The van der Waals surface area contributed by atoms with Gasteiger partial charge in [-0.15, -0.1) is 0 Å². The molecule has 1 aliphatic carbocycles. The summed E-state index contributed by atoms with van der Waals surface area (Å²) < 4.78 is 0. The molecule has 2 N–H and O–H groups in total. The Morgan fingerprint density at radius 2 is 1.90 bits per heavy atom. The van der Waals surface area contributed by atoms with E-state index in [-0.39, 0.29) is 0 Å². The first kappa shape index (κ1) is 12.9. The lowest BCUT2D eigenvalue weighted by Gasteiger charge is -2.08. The zero-order chi connectivity index (χ0) is 13.8. The van der Waals surface area contributed by atoms with E-state index >= 15 is 0 Å². The monoisotopic (exact) mass is 268 g/mol. The highest BCUT2D eigenvalue weighted by molar-refractivity contribution is 5.46. The molecule has 1 aromatic heterocycles. The van der Waals surface area contributed by atoms with Crippen LogP contribution in [0.5, 0.6) is 0 Å². The summed E-state index contributed by atoms with van der Waals surface area (Å²) in [5.41, 5.74) is 4.49. The van der Waals surface area contributed by atoms with Crippen molar-refractivity contribution in [1.29, 1.82) is 0 Å². The molecule has 0 bridgehead atoms. The summed E-state index contributed by atoms with van der Waals surface area (Å²) in [5, 5.41) is 6.36.